The fraction of sp³-hybridized carbons (Fsp3) is 0.444. The number of aromatic nitrogens is 1. The second-order valence-corrected chi connectivity index (χ2v) is 4.07. The van der Waals surface area contributed by atoms with Gasteiger partial charge in [-0.05, 0) is 30.8 Å². The second-order valence-electron chi connectivity index (χ2n) is 2.91. The average molecular weight is 236 g/mol. The molecule has 0 amide bonds. The molecule has 0 saturated heterocycles. The molecular formula is C9H11F3N2S. The highest BCUT2D eigenvalue weighted by Crippen LogP contribution is 2.29. The van der Waals surface area contributed by atoms with E-state index in [-0.39, 0.29) is 24.1 Å². The number of anilines is 1. The Balaban J connectivity index is 2.26. The Hall–Kier alpha value is -0.910. The molecule has 1 N–H and O–H groups in total. The van der Waals surface area contributed by atoms with Gasteiger partial charge in [0.1, 0.15) is 0 Å². The SMILES string of the molecule is Cc1cc(NCCSC(F)(F)F)ccn1. The number of nitrogens with one attached hydrogen (secondary N) is 1. The van der Waals surface area contributed by atoms with Crippen LogP contribution in [0.3, 0.4) is 0 Å². The van der Waals surface area contributed by atoms with Crippen molar-refractivity contribution in [3.63, 3.8) is 0 Å². The van der Waals surface area contributed by atoms with Gasteiger partial charge in [0.15, 0.2) is 0 Å². The zero-order valence-electron chi connectivity index (χ0n) is 8.14. The molecule has 1 rings (SSSR count). The average Bonchev–Trinajstić information content (AvgIpc) is 2.11. The minimum Gasteiger partial charge on any atom is -0.384 e. The Labute approximate surface area is 90.3 Å². The van der Waals surface area contributed by atoms with Crippen LogP contribution in [-0.2, 0) is 0 Å². The van der Waals surface area contributed by atoms with Gasteiger partial charge in [-0.15, -0.1) is 0 Å². The molecule has 0 aromatic carbocycles. The van der Waals surface area contributed by atoms with Crippen molar-refractivity contribution < 1.29 is 13.2 Å². The first kappa shape index (κ1) is 12.2. The number of hydrogen-bond acceptors (Lipinski definition) is 3. The van der Waals surface area contributed by atoms with Gasteiger partial charge in [-0.25, -0.2) is 0 Å². The fourth-order valence-corrected chi connectivity index (χ4v) is 1.45. The maximum Gasteiger partial charge on any atom is 0.441 e. The van der Waals surface area contributed by atoms with Crippen LogP contribution in [0, 0.1) is 6.92 Å². The maximum atomic E-state index is 11.8. The number of alkyl halides is 3. The molecule has 2 nitrogen and oxygen atoms in total. The highest BCUT2D eigenvalue weighted by molar-refractivity contribution is 8.00. The summed E-state index contributed by atoms with van der Waals surface area (Å²) in [5, 5.41) is 2.90. The molecule has 1 heterocycles. The number of rotatable bonds is 4. The van der Waals surface area contributed by atoms with Gasteiger partial charge in [0, 0.05) is 29.9 Å². The Morgan fingerprint density at radius 2 is 2.20 bits per heavy atom. The molecule has 0 unspecified atom stereocenters. The first-order valence-corrected chi connectivity index (χ1v) is 5.33. The van der Waals surface area contributed by atoms with Crippen LogP contribution >= 0.6 is 11.8 Å². The van der Waals surface area contributed by atoms with Gasteiger partial charge in [0.2, 0.25) is 0 Å². The van der Waals surface area contributed by atoms with Crippen molar-refractivity contribution in [1.29, 1.82) is 0 Å². The summed E-state index contributed by atoms with van der Waals surface area (Å²) in [6.07, 6.45) is 1.62. The van der Waals surface area contributed by atoms with E-state index in [1.54, 1.807) is 18.3 Å². The molecular weight excluding hydrogens is 225 g/mol. The summed E-state index contributed by atoms with van der Waals surface area (Å²) in [5.74, 6) is 0.00483. The quantitative estimate of drug-likeness (QED) is 0.813. The molecule has 0 aliphatic heterocycles. The van der Waals surface area contributed by atoms with Crippen LogP contribution in [0.1, 0.15) is 5.69 Å². The number of pyridine rings is 1. The van der Waals surface area contributed by atoms with E-state index in [0.29, 0.717) is 0 Å². The molecule has 0 spiro atoms. The Morgan fingerprint density at radius 1 is 1.47 bits per heavy atom. The highest BCUT2D eigenvalue weighted by atomic mass is 32.2. The van der Waals surface area contributed by atoms with E-state index < -0.39 is 5.51 Å². The summed E-state index contributed by atoms with van der Waals surface area (Å²) in [6, 6.07) is 3.52. The largest absolute Gasteiger partial charge is 0.441 e. The minimum atomic E-state index is -4.14. The van der Waals surface area contributed by atoms with Crippen molar-refractivity contribution in [3.8, 4) is 0 Å². The van der Waals surface area contributed by atoms with Gasteiger partial charge < -0.3 is 5.32 Å². The van der Waals surface area contributed by atoms with Crippen molar-refractivity contribution in [2.75, 3.05) is 17.6 Å². The number of thioether (sulfide) groups is 1. The highest BCUT2D eigenvalue weighted by Gasteiger charge is 2.27. The summed E-state index contributed by atoms with van der Waals surface area (Å²) >= 11 is -0.0211. The van der Waals surface area contributed by atoms with E-state index in [4.69, 9.17) is 0 Å². The molecule has 15 heavy (non-hydrogen) atoms. The minimum absolute atomic E-state index is 0.00483. The van der Waals surface area contributed by atoms with Crippen LogP contribution in [0.5, 0.6) is 0 Å². The van der Waals surface area contributed by atoms with Crippen molar-refractivity contribution in [2.24, 2.45) is 0 Å². The van der Waals surface area contributed by atoms with E-state index in [9.17, 15) is 13.2 Å². The number of aryl methyl sites for hydroxylation is 1. The lowest BCUT2D eigenvalue weighted by Crippen LogP contribution is -2.09. The zero-order chi connectivity index (χ0) is 11.3. The van der Waals surface area contributed by atoms with Gasteiger partial charge in [0.25, 0.3) is 0 Å². The molecule has 0 aliphatic rings. The number of halogens is 3. The lowest BCUT2D eigenvalue weighted by atomic mass is 10.3. The molecule has 0 radical (unpaired) electrons. The van der Waals surface area contributed by atoms with Crippen molar-refractivity contribution >= 4 is 17.4 Å². The molecule has 1 aromatic rings. The van der Waals surface area contributed by atoms with Crippen LogP contribution in [0.4, 0.5) is 18.9 Å². The van der Waals surface area contributed by atoms with E-state index in [1.807, 2.05) is 6.92 Å². The maximum absolute atomic E-state index is 11.8. The van der Waals surface area contributed by atoms with Gasteiger partial charge in [-0.1, -0.05) is 0 Å². The molecule has 0 atom stereocenters. The third-order valence-electron chi connectivity index (χ3n) is 1.59. The molecule has 1 aromatic heterocycles. The first-order chi connectivity index (χ1) is 6.97. The molecule has 84 valence electrons. The second kappa shape index (κ2) is 5.25. The summed E-state index contributed by atoms with van der Waals surface area (Å²) in [6.45, 7) is 2.11. The fourth-order valence-electron chi connectivity index (χ4n) is 1.02. The predicted octanol–water partition coefficient (Wildman–Crippen LogP) is 3.05. The van der Waals surface area contributed by atoms with E-state index in [1.165, 1.54) is 0 Å². The first-order valence-electron chi connectivity index (χ1n) is 4.34. The van der Waals surface area contributed by atoms with Crippen molar-refractivity contribution in [1.82, 2.24) is 4.98 Å². The number of nitrogens with zero attached hydrogens (tertiary/aromatic N) is 1. The van der Waals surface area contributed by atoms with Crippen LogP contribution < -0.4 is 5.32 Å². The van der Waals surface area contributed by atoms with Gasteiger partial charge in [0.05, 0.1) is 0 Å². The number of hydrogen-bond donors (Lipinski definition) is 1. The van der Waals surface area contributed by atoms with Gasteiger partial charge in [-0.2, -0.15) is 13.2 Å². The predicted molar refractivity (Wildman–Crippen MR) is 56.0 cm³/mol. The van der Waals surface area contributed by atoms with Crippen LogP contribution in [0.25, 0.3) is 0 Å². The smallest absolute Gasteiger partial charge is 0.384 e. The molecule has 0 aliphatic carbocycles. The summed E-state index contributed by atoms with van der Waals surface area (Å²) < 4.78 is 35.3. The standard InChI is InChI=1S/C9H11F3N2S/c1-7-6-8(2-3-13-7)14-4-5-15-9(10,11)12/h2-3,6H,4-5H2,1H3,(H,13,14). The topological polar surface area (TPSA) is 24.9 Å². The van der Waals surface area contributed by atoms with E-state index >= 15 is 0 Å². The summed E-state index contributed by atoms with van der Waals surface area (Å²) in [7, 11) is 0. The molecule has 6 heteroatoms. The Bertz CT molecular complexity index is 314. The van der Waals surface area contributed by atoms with E-state index in [0.717, 1.165) is 11.4 Å². The third kappa shape index (κ3) is 5.51. The van der Waals surface area contributed by atoms with Gasteiger partial charge in [-0.3, -0.25) is 4.98 Å². The lowest BCUT2D eigenvalue weighted by Gasteiger charge is -2.08. The van der Waals surface area contributed by atoms with Crippen LogP contribution in [-0.4, -0.2) is 22.8 Å². The van der Waals surface area contributed by atoms with Gasteiger partial charge >= 0.3 is 5.51 Å². The van der Waals surface area contributed by atoms with E-state index in [2.05, 4.69) is 10.3 Å². The monoisotopic (exact) mass is 236 g/mol. The summed E-state index contributed by atoms with van der Waals surface area (Å²) in [5.41, 5.74) is -2.51. The zero-order valence-corrected chi connectivity index (χ0v) is 8.95. The van der Waals surface area contributed by atoms with Crippen LogP contribution in [0.15, 0.2) is 18.3 Å². The third-order valence-corrected chi connectivity index (χ3v) is 2.33. The normalized spacial score (nSPS) is 11.5. The van der Waals surface area contributed by atoms with Crippen molar-refractivity contribution in [2.45, 2.75) is 12.4 Å². The molecule has 0 saturated carbocycles. The Morgan fingerprint density at radius 3 is 2.80 bits per heavy atom. The Kier molecular flexibility index (Phi) is 4.26. The lowest BCUT2D eigenvalue weighted by molar-refractivity contribution is -0.0327. The summed E-state index contributed by atoms with van der Waals surface area (Å²) in [4.78, 5) is 3.98. The van der Waals surface area contributed by atoms with Crippen LogP contribution in [0.2, 0.25) is 0 Å². The molecule has 0 bridgehead atoms. The molecule has 0 fully saturated rings. The van der Waals surface area contributed by atoms with Crippen molar-refractivity contribution in [3.05, 3.63) is 24.0 Å².